The van der Waals surface area contributed by atoms with Crippen LogP contribution in [0.5, 0.6) is 0 Å². The zero-order chi connectivity index (χ0) is 19.4. The molecule has 3 aromatic rings. The highest BCUT2D eigenvalue weighted by molar-refractivity contribution is 7.99. The molecule has 0 aliphatic carbocycles. The van der Waals surface area contributed by atoms with E-state index in [2.05, 4.69) is 42.2 Å². The van der Waals surface area contributed by atoms with Gasteiger partial charge in [-0.3, -0.25) is 4.79 Å². The summed E-state index contributed by atoms with van der Waals surface area (Å²) in [5, 5.41) is 9.03. The molecule has 5 nitrogen and oxygen atoms in total. The molecule has 0 bridgehead atoms. The molecule has 0 unspecified atom stereocenters. The highest BCUT2D eigenvalue weighted by atomic mass is 35.5. The summed E-state index contributed by atoms with van der Waals surface area (Å²) >= 11 is 7.12. The van der Waals surface area contributed by atoms with Crippen molar-refractivity contribution in [3.05, 3.63) is 64.2 Å². The molecule has 0 radical (unpaired) electrons. The smallest absolute Gasteiger partial charge is 0.277 e. The van der Waals surface area contributed by atoms with Crippen LogP contribution in [0.1, 0.15) is 16.7 Å². The van der Waals surface area contributed by atoms with E-state index in [0.29, 0.717) is 22.7 Å². The van der Waals surface area contributed by atoms with Crippen molar-refractivity contribution in [1.29, 1.82) is 0 Å². The molecule has 0 spiro atoms. The SMILES string of the molecule is Cc1ccc(CN(C)C(=O)CSc2nnc(-c3ccc(Cl)cc3)o2)c(C)c1. The first-order valence-electron chi connectivity index (χ1n) is 8.44. The number of amides is 1. The van der Waals surface area contributed by atoms with Gasteiger partial charge in [0.15, 0.2) is 0 Å². The first-order valence-corrected chi connectivity index (χ1v) is 9.81. The van der Waals surface area contributed by atoms with Crippen molar-refractivity contribution in [1.82, 2.24) is 15.1 Å². The van der Waals surface area contributed by atoms with Gasteiger partial charge in [-0.1, -0.05) is 47.1 Å². The van der Waals surface area contributed by atoms with E-state index in [1.54, 1.807) is 24.1 Å². The van der Waals surface area contributed by atoms with Crippen molar-refractivity contribution < 1.29 is 9.21 Å². The first-order chi connectivity index (χ1) is 12.9. The normalized spacial score (nSPS) is 10.8. The van der Waals surface area contributed by atoms with Crippen molar-refractivity contribution in [3.63, 3.8) is 0 Å². The van der Waals surface area contributed by atoms with Gasteiger partial charge in [-0.25, -0.2) is 0 Å². The highest BCUT2D eigenvalue weighted by Gasteiger charge is 2.14. The van der Waals surface area contributed by atoms with Crippen LogP contribution in [0.2, 0.25) is 5.02 Å². The van der Waals surface area contributed by atoms with Gasteiger partial charge >= 0.3 is 0 Å². The lowest BCUT2D eigenvalue weighted by molar-refractivity contribution is -0.127. The fraction of sp³-hybridized carbons (Fsp3) is 0.250. The van der Waals surface area contributed by atoms with Crippen molar-refractivity contribution >= 4 is 29.3 Å². The minimum atomic E-state index is 0.00576. The Bertz CT molecular complexity index is 941. The molecule has 0 saturated carbocycles. The third-order valence-corrected chi connectivity index (χ3v) is 5.20. The molecule has 7 heteroatoms. The number of nitrogens with zero attached hydrogens (tertiary/aromatic N) is 3. The molecule has 0 atom stereocenters. The maximum atomic E-state index is 12.4. The van der Waals surface area contributed by atoms with Crippen LogP contribution in [0.4, 0.5) is 0 Å². The molecule has 3 rings (SSSR count). The van der Waals surface area contributed by atoms with E-state index in [4.69, 9.17) is 16.0 Å². The van der Waals surface area contributed by atoms with Gasteiger partial charge in [-0.05, 0) is 49.2 Å². The van der Waals surface area contributed by atoms with Gasteiger partial charge in [0, 0.05) is 24.2 Å². The number of aryl methyl sites for hydroxylation is 2. The molecule has 0 aliphatic rings. The van der Waals surface area contributed by atoms with Gasteiger partial charge in [-0.15, -0.1) is 10.2 Å². The molecule has 27 heavy (non-hydrogen) atoms. The van der Waals surface area contributed by atoms with Crippen LogP contribution in [0.25, 0.3) is 11.5 Å². The number of benzene rings is 2. The van der Waals surface area contributed by atoms with Crippen LogP contribution in [-0.4, -0.2) is 33.8 Å². The van der Waals surface area contributed by atoms with Crippen LogP contribution >= 0.6 is 23.4 Å². The first kappa shape index (κ1) is 19.5. The van der Waals surface area contributed by atoms with Gasteiger partial charge in [0.05, 0.1) is 5.75 Å². The number of rotatable bonds is 6. The van der Waals surface area contributed by atoms with Gasteiger partial charge in [-0.2, -0.15) is 0 Å². The Morgan fingerprint density at radius 1 is 1.15 bits per heavy atom. The second-order valence-corrected chi connectivity index (χ2v) is 7.71. The number of carbonyl (C=O) groups is 1. The summed E-state index contributed by atoms with van der Waals surface area (Å²) in [5.41, 5.74) is 4.33. The van der Waals surface area contributed by atoms with E-state index >= 15 is 0 Å². The number of carbonyl (C=O) groups excluding carboxylic acids is 1. The average Bonchev–Trinajstić information content (AvgIpc) is 3.11. The Morgan fingerprint density at radius 3 is 2.59 bits per heavy atom. The van der Waals surface area contributed by atoms with Gasteiger partial charge < -0.3 is 9.32 Å². The van der Waals surface area contributed by atoms with Crippen molar-refractivity contribution in [2.75, 3.05) is 12.8 Å². The molecule has 1 amide bonds. The van der Waals surface area contributed by atoms with E-state index in [9.17, 15) is 4.79 Å². The molecule has 2 aromatic carbocycles. The van der Waals surface area contributed by atoms with Crippen molar-refractivity contribution in [3.8, 4) is 11.5 Å². The van der Waals surface area contributed by atoms with Crippen molar-refractivity contribution in [2.45, 2.75) is 25.6 Å². The predicted octanol–water partition coefficient (Wildman–Crippen LogP) is 4.76. The van der Waals surface area contributed by atoms with E-state index in [0.717, 1.165) is 11.1 Å². The van der Waals surface area contributed by atoms with Crippen LogP contribution in [0.15, 0.2) is 52.1 Å². The molecular weight excluding hydrogens is 382 g/mol. The molecule has 1 heterocycles. The van der Waals surface area contributed by atoms with Crippen LogP contribution in [0.3, 0.4) is 0 Å². The second-order valence-electron chi connectivity index (χ2n) is 6.35. The maximum Gasteiger partial charge on any atom is 0.277 e. The van der Waals surface area contributed by atoms with Gasteiger partial charge in [0.2, 0.25) is 11.8 Å². The predicted molar refractivity (Wildman–Crippen MR) is 108 cm³/mol. The number of hydrogen-bond acceptors (Lipinski definition) is 5. The quantitative estimate of drug-likeness (QED) is 0.557. The molecule has 0 saturated heterocycles. The van der Waals surface area contributed by atoms with Gasteiger partial charge in [0.1, 0.15) is 0 Å². The van der Waals surface area contributed by atoms with E-state index < -0.39 is 0 Å². The summed E-state index contributed by atoms with van der Waals surface area (Å²) in [6, 6.07) is 13.4. The lowest BCUT2D eigenvalue weighted by Gasteiger charge is -2.18. The third-order valence-electron chi connectivity index (χ3n) is 4.15. The summed E-state index contributed by atoms with van der Waals surface area (Å²) in [4.78, 5) is 14.1. The fourth-order valence-corrected chi connectivity index (χ4v) is 3.41. The Labute approximate surface area is 167 Å². The Kier molecular flexibility index (Phi) is 6.19. The Hall–Kier alpha value is -2.31. The molecule has 0 N–H and O–H groups in total. The summed E-state index contributed by atoms with van der Waals surface area (Å²) in [6.45, 7) is 4.70. The van der Waals surface area contributed by atoms with E-state index in [1.807, 2.05) is 12.1 Å². The molecule has 1 aromatic heterocycles. The fourth-order valence-electron chi connectivity index (χ4n) is 2.58. The lowest BCUT2D eigenvalue weighted by Crippen LogP contribution is -2.28. The van der Waals surface area contributed by atoms with Crippen LogP contribution in [-0.2, 0) is 11.3 Å². The Morgan fingerprint density at radius 2 is 1.89 bits per heavy atom. The number of halogens is 1. The third kappa shape index (κ3) is 5.11. The minimum Gasteiger partial charge on any atom is -0.411 e. The summed E-state index contributed by atoms with van der Waals surface area (Å²) < 4.78 is 5.62. The zero-order valence-corrected chi connectivity index (χ0v) is 17.0. The number of hydrogen-bond donors (Lipinski definition) is 0. The monoisotopic (exact) mass is 401 g/mol. The lowest BCUT2D eigenvalue weighted by atomic mass is 10.1. The van der Waals surface area contributed by atoms with Crippen LogP contribution in [0, 0.1) is 13.8 Å². The number of thioether (sulfide) groups is 1. The molecular formula is C20H20ClN3O2S. The average molecular weight is 402 g/mol. The maximum absolute atomic E-state index is 12.4. The largest absolute Gasteiger partial charge is 0.411 e. The van der Waals surface area contributed by atoms with Crippen LogP contribution < -0.4 is 0 Å². The van der Waals surface area contributed by atoms with E-state index in [1.165, 1.54) is 22.9 Å². The summed E-state index contributed by atoms with van der Waals surface area (Å²) in [5.74, 6) is 0.653. The van der Waals surface area contributed by atoms with E-state index in [-0.39, 0.29) is 11.7 Å². The summed E-state index contributed by atoms with van der Waals surface area (Å²) in [6.07, 6.45) is 0. The molecule has 140 valence electrons. The summed E-state index contributed by atoms with van der Waals surface area (Å²) in [7, 11) is 1.80. The van der Waals surface area contributed by atoms with Gasteiger partial charge in [0.25, 0.3) is 5.22 Å². The highest BCUT2D eigenvalue weighted by Crippen LogP contribution is 2.24. The molecule has 0 fully saturated rings. The Balaban J connectivity index is 1.56. The zero-order valence-electron chi connectivity index (χ0n) is 15.4. The second kappa shape index (κ2) is 8.59. The topological polar surface area (TPSA) is 59.2 Å². The minimum absolute atomic E-state index is 0.00576. The molecule has 0 aliphatic heterocycles. The van der Waals surface area contributed by atoms with Crippen molar-refractivity contribution in [2.24, 2.45) is 0 Å². The standard InChI is InChI=1S/C20H20ClN3O2S/c1-13-4-5-16(14(2)10-13)11-24(3)18(25)12-27-20-23-22-19(26-20)15-6-8-17(21)9-7-15/h4-10H,11-12H2,1-3H3. The number of aromatic nitrogens is 2.